The van der Waals surface area contributed by atoms with Gasteiger partial charge in [-0.1, -0.05) is 15.9 Å². The summed E-state index contributed by atoms with van der Waals surface area (Å²) in [4.78, 5) is 29.1. The van der Waals surface area contributed by atoms with Crippen LogP contribution in [-0.2, 0) is 9.53 Å². The molecular formula is C26H25BrN4O4. The molecule has 4 aromatic rings. The minimum atomic E-state index is -0.693. The fourth-order valence-corrected chi connectivity index (χ4v) is 4.28. The average Bonchev–Trinajstić information content (AvgIpc) is 3.12. The molecule has 0 aliphatic rings. The van der Waals surface area contributed by atoms with Crippen molar-refractivity contribution in [3.8, 4) is 11.4 Å². The summed E-state index contributed by atoms with van der Waals surface area (Å²) in [5, 5.41) is 4.96. The van der Waals surface area contributed by atoms with Gasteiger partial charge in [-0.05, 0) is 76.2 Å². The fourth-order valence-electron chi connectivity index (χ4n) is 3.92. The number of aryl methyl sites for hydroxylation is 2. The lowest BCUT2D eigenvalue weighted by Crippen LogP contribution is -2.24. The predicted molar refractivity (Wildman–Crippen MR) is 139 cm³/mol. The van der Waals surface area contributed by atoms with Gasteiger partial charge in [0.2, 0.25) is 0 Å². The largest absolute Gasteiger partial charge is 0.479 e. The SMILES string of the molecule is COC(=O)[C@H](C)Oc1ccc(-n2c(C)cc(C=Nn3c(C)nc4ccc(Br)cc4c3=O)c2C)cc1. The summed E-state index contributed by atoms with van der Waals surface area (Å²) in [7, 11) is 1.33. The van der Waals surface area contributed by atoms with E-state index in [9.17, 15) is 9.59 Å². The molecule has 0 unspecified atom stereocenters. The van der Waals surface area contributed by atoms with Crippen molar-refractivity contribution < 1.29 is 14.3 Å². The Balaban J connectivity index is 1.64. The summed E-state index contributed by atoms with van der Waals surface area (Å²) in [6, 6.07) is 14.9. The Hall–Kier alpha value is -3.72. The van der Waals surface area contributed by atoms with E-state index in [4.69, 9.17) is 9.47 Å². The number of esters is 1. The first-order valence-corrected chi connectivity index (χ1v) is 11.8. The Morgan fingerprint density at radius 2 is 1.83 bits per heavy atom. The zero-order valence-electron chi connectivity index (χ0n) is 20.1. The Labute approximate surface area is 210 Å². The molecule has 0 fully saturated rings. The molecule has 1 atom stereocenters. The van der Waals surface area contributed by atoms with Gasteiger partial charge in [-0.2, -0.15) is 9.78 Å². The average molecular weight is 537 g/mol. The van der Waals surface area contributed by atoms with Gasteiger partial charge in [-0.25, -0.2) is 9.78 Å². The van der Waals surface area contributed by atoms with Crippen LogP contribution in [0.4, 0.5) is 0 Å². The summed E-state index contributed by atoms with van der Waals surface area (Å²) < 4.78 is 14.5. The van der Waals surface area contributed by atoms with Gasteiger partial charge in [-0.3, -0.25) is 4.79 Å². The quantitative estimate of drug-likeness (QED) is 0.263. The highest BCUT2D eigenvalue weighted by molar-refractivity contribution is 9.10. The molecule has 0 spiro atoms. The second-order valence-corrected chi connectivity index (χ2v) is 9.04. The molecule has 180 valence electrons. The van der Waals surface area contributed by atoms with Gasteiger partial charge in [0.05, 0.1) is 24.2 Å². The first kappa shape index (κ1) is 24.4. The third kappa shape index (κ3) is 4.90. The molecule has 4 rings (SSSR count). The molecule has 0 amide bonds. The Morgan fingerprint density at radius 3 is 2.51 bits per heavy atom. The normalized spacial score (nSPS) is 12.3. The van der Waals surface area contributed by atoms with Crippen molar-refractivity contribution in [2.75, 3.05) is 7.11 Å². The van der Waals surface area contributed by atoms with Crippen LogP contribution < -0.4 is 10.3 Å². The minimum absolute atomic E-state index is 0.226. The number of hydrogen-bond donors (Lipinski definition) is 0. The first-order valence-electron chi connectivity index (χ1n) is 11.0. The molecule has 0 radical (unpaired) electrons. The molecule has 0 bridgehead atoms. The number of aromatic nitrogens is 3. The van der Waals surface area contributed by atoms with Crippen molar-refractivity contribution in [2.24, 2.45) is 5.10 Å². The lowest BCUT2D eigenvalue weighted by molar-refractivity contribution is -0.147. The van der Waals surface area contributed by atoms with E-state index < -0.39 is 12.1 Å². The van der Waals surface area contributed by atoms with Gasteiger partial charge in [-0.15, -0.1) is 0 Å². The number of fused-ring (bicyclic) bond motifs is 1. The fraction of sp³-hybridized carbons (Fsp3) is 0.231. The number of ether oxygens (including phenoxy) is 2. The van der Waals surface area contributed by atoms with Crippen molar-refractivity contribution in [3.63, 3.8) is 0 Å². The van der Waals surface area contributed by atoms with Crippen LogP contribution in [0.1, 0.15) is 29.7 Å². The topological polar surface area (TPSA) is 87.7 Å². The molecule has 0 aliphatic carbocycles. The highest BCUT2D eigenvalue weighted by Gasteiger charge is 2.15. The third-order valence-corrected chi connectivity index (χ3v) is 6.19. The van der Waals surface area contributed by atoms with E-state index in [0.717, 1.165) is 27.1 Å². The number of halogens is 1. The van der Waals surface area contributed by atoms with Crippen LogP contribution in [0.25, 0.3) is 16.6 Å². The van der Waals surface area contributed by atoms with Gasteiger partial charge >= 0.3 is 5.97 Å². The maximum atomic E-state index is 13.0. The Kier molecular flexibility index (Phi) is 6.88. The molecule has 9 heteroatoms. The molecule has 0 saturated carbocycles. The molecular weight excluding hydrogens is 512 g/mol. The smallest absolute Gasteiger partial charge is 0.346 e. The number of nitrogens with zero attached hydrogens (tertiary/aromatic N) is 4. The molecule has 2 aromatic carbocycles. The Bertz CT molecular complexity index is 1500. The summed E-state index contributed by atoms with van der Waals surface area (Å²) >= 11 is 3.41. The summed E-state index contributed by atoms with van der Waals surface area (Å²) in [5.74, 6) is 0.645. The molecule has 2 aromatic heterocycles. The molecule has 0 aliphatic heterocycles. The molecule has 2 heterocycles. The van der Waals surface area contributed by atoms with Crippen LogP contribution in [0.3, 0.4) is 0 Å². The maximum absolute atomic E-state index is 13.0. The van der Waals surface area contributed by atoms with E-state index >= 15 is 0 Å². The first-order chi connectivity index (χ1) is 16.7. The van der Waals surface area contributed by atoms with Crippen LogP contribution in [0.2, 0.25) is 0 Å². The number of methoxy groups -OCH3 is 1. The number of benzene rings is 2. The van der Waals surface area contributed by atoms with Gasteiger partial charge in [0.1, 0.15) is 11.6 Å². The standard InChI is InChI=1S/C26H25BrN4O4/c1-15-12-19(14-28-31-18(4)29-24-11-6-20(27)13-23(24)25(31)32)16(2)30(15)21-7-9-22(10-8-21)35-17(3)26(33)34-5/h6-14,17H,1-5H3/t17-/m0/s1. The van der Waals surface area contributed by atoms with E-state index in [0.29, 0.717) is 22.5 Å². The van der Waals surface area contributed by atoms with E-state index in [1.165, 1.54) is 11.8 Å². The van der Waals surface area contributed by atoms with E-state index in [1.54, 1.807) is 26.1 Å². The molecule has 0 saturated heterocycles. The number of carbonyl (C=O) groups is 1. The minimum Gasteiger partial charge on any atom is -0.479 e. The summed E-state index contributed by atoms with van der Waals surface area (Å²) in [6.45, 7) is 7.39. The van der Waals surface area contributed by atoms with Crippen molar-refractivity contribution in [1.29, 1.82) is 0 Å². The van der Waals surface area contributed by atoms with Crippen molar-refractivity contribution in [2.45, 2.75) is 33.8 Å². The van der Waals surface area contributed by atoms with E-state index in [-0.39, 0.29) is 5.56 Å². The van der Waals surface area contributed by atoms with Gasteiger partial charge in [0.15, 0.2) is 6.10 Å². The maximum Gasteiger partial charge on any atom is 0.346 e. The zero-order chi connectivity index (χ0) is 25.3. The van der Waals surface area contributed by atoms with Crippen LogP contribution in [0.5, 0.6) is 5.75 Å². The summed E-state index contributed by atoms with van der Waals surface area (Å²) in [5.41, 5.74) is 4.19. The summed E-state index contributed by atoms with van der Waals surface area (Å²) in [6.07, 6.45) is 0.982. The van der Waals surface area contributed by atoms with Gasteiger partial charge in [0, 0.05) is 27.1 Å². The zero-order valence-corrected chi connectivity index (χ0v) is 21.7. The lowest BCUT2D eigenvalue weighted by atomic mass is 10.2. The van der Waals surface area contributed by atoms with E-state index in [2.05, 4.69) is 30.6 Å². The number of carbonyl (C=O) groups excluding carboxylic acids is 1. The van der Waals surface area contributed by atoms with Crippen molar-refractivity contribution >= 4 is 39.0 Å². The van der Waals surface area contributed by atoms with E-state index in [1.807, 2.05) is 56.3 Å². The Morgan fingerprint density at radius 1 is 1.11 bits per heavy atom. The lowest BCUT2D eigenvalue weighted by Gasteiger charge is -2.14. The predicted octanol–water partition coefficient (Wildman–Crippen LogP) is 4.70. The van der Waals surface area contributed by atoms with Crippen LogP contribution in [0.15, 0.2) is 62.9 Å². The molecule has 8 nitrogen and oxygen atoms in total. The van der Waals surface area contributed by atoms with Crippen LogP contribution in [-0.4, -0.2) is 39.6 Å². The number of rotatable bonds is 6. The monoisotopic (exact) mass is 536 g/mol. The molecule has 0 N–H and O–H groups in total. The van der Waals surface area contributed by atoms with Gasteiger partial charge < -0.3 is 14.0 Å². The highest BCUT2D eigenvalue weighted by atomic mass is 79.9. The third-order valence-electron chi connectivity index (χ3n) is 5.69. The van der Waals surface area contributed by atoms with Gasteiger partial charge in [0.25, 0.3) is 5.56 Å². The number of hydrogen-bond acceptors (Lipinski definition) is 6. The van der Waals surface area contributed by atoms with Crippen molar-refractivity contribution in [3.05, 3.63) is 86.1 Å². The highest BCUT2D eigenvalue weighted by Crippen LogP contribution is 2.23. The van der Waals surface area contributed by atoms with Crippen LogP contribution >= 0.6 is 15.9 Å². The second kappa shape index (κ2) is 9.87. The van der Waals surface area contributed by atoms with Crippen LogP contribution in [0, 0.1) is 20.8 Å². The molecule has 35 heavy (non-hydrogen) atoms. The second-order valence-electron chi connectivity index (χ2n) is 8.12. The van der Waals surface area contributed by atoms with Crippen molar-refractivity contribution in [1.82, 2.24) is 14.2 Å².